The molecular weight excluding hydrogens is 170 g/mol. The third-order valence-corrected chi connectivity index (χ3v) is 1.85. The second-order valence-electron chi connectivity index (χ2n) is 2.64. The van der Waals surface area contributed by atoms with E-state index in [1.165, 1.54) is 0 Å². The smallest absolute Gasteiger partial charge is 0.0407 e. The van der Waals surface area contributed by atoms with Crippen molar-refractivity contribution < 1.29 is 0 Å². The van der Waals surface area contributed by atoms with Crippen LogP contribution in [0.25, 0.3) is 0 Å². The summed E-state index contributed by atoms with van der Waals surface area (Å²) in [6, 6.07) is 7.72. The number of hydrogen-bond donors (Lipinski definition) is 1. The highest BCUT2D eigenvalue weighted by molar-refractivity contribution is 6.30. The van der Waals surface area contributed by atoms with E-state index in [9.17, 15) is 0 Å². The van der Waals surface area contributed by atoms with E-state index in [2.05, 4.69) is 12.2 Å². The van der Waals surface area contributed by atoms with Crippen LogP contribution in [0.4, 0.5) is 5.69 Å². The fourth-order valence-electron chi connectivity index (χ4n) is 0.925. The van der Waals surface area contributed by atoms with Crippen molar-refractivity contribution in [2.45, 2.75) is 12.8 Å². The molecule has 12 heavy (non-hydrogen) atoms. The molecule has 0 saturated heterocycles. The van der Waals surface area contributed by atoms with Crippen LogP contribution in [0.3, 0.4) is 0 Å². The van der Waals surface area contributed by atoms with E-state index < -0.39 is 0 Å². The zero-order valence-electron chi connectivity index (χ0n) is 7.02. The first-order valence-electron chi connectivity index (χ1n) is 4.11. The first kappa shape index (κ1) is 9.40. The predicted octanol–water partition coefficient (Wildman–Crippen LogP) is 3.37. The van der Waals surface area contributed by atoms with E-state index in [4.69, 9.17) is 11.6 Å². The molecule has 0 atom stereocenters. The zero-order chi connectivity index (χ0) is 8.81. The number of hydrogen-bond acceptors (Lipinski definition) is 1. The fourth-order valence-corrected chi connectivity index (χ4v) is 1.05. The van der Waals surface area contributed by atoms with E-state index in [1.54, 1.807) is 0 Å². The Morgan fingerprint density at radius 3 is 2.50 bits per heavy atom. The largest absolute Gasteiger partial charge is 0.385 e. The molecule has 0 aliphatic rings. The van der Waals surface area contributed by atoms with Gasteiger partial charge in [0.25, 0.3) is 0 Å². The molecule has 0 aliphatic carbocycles. The second-order valence-corrected chi connectivity index (χ2v) is 3.08. The highest BCUT2D eigenvalue weighted by atomic mass is 35.5. The lowest BCUT2D eigenvalue weighted by Crippen LogP contribution is -1.99. The van der Waals surface area contributed by atoms with Crippen molar-refractivity contribution in [3.05, 3.63) is 36.2 Å². The molecule has 2 heteroatoms. The molecular formula is C10H13ClN. The van der Waals surface area contributed by atoms with Crippen LogP contribution < -0.4 is 5.32 Å². The van der Waals surface area contributed by atoms with Crippen molar-refractivity contribution in [2.24, 2.45) is 0 Å². The topological polar surface area (TPSA) is 12.0 Å². The summed E-state index contributed by atoms with van der Waals surface area (Å²) < 4.78 is 0. The van der Waals surface area contributed by atoms with Gasteiger partial charge in [0.2, 0.25) is 0 Å². The van der Waals surface area contributed by atoms with E-state index >= 15 is 0 Å². The third kappa shape index (κ3) is 3.14. The van der Waals surface area contributed by atoms with Crippen molar-refractivity contribution in [3.8, 4) is 0 Å². The van der Waals surface area contributed by atoms with Gasteiger partial charge >= 0.3 is 0 Å². The summed E-state index contributed by atoms with van der Waals surface area (Å²) in [6.07, 6.45) is 2.07. The van der Waals surface area contributed by atoms with Gasteiger partial charge in [0.15, 0.2) is 0 Å². The average molecular weight is 183 g/mol. The highest BCUT2D eigenvalue weighted by Gasteiger charge is 1.90. The normalized spacial score (nSPS) is 9.83. The summed E-state index contributed by atoms with van der Waals surface area (Å²) in [5.41, 5.74) is 1.12. The molecule has 0 saturated carbocycles. The first-order valence-corrected chi connectivity index (χ1v) is 4.49. The maximum absolute atomic E-state index is 5.74. The van der Waals surface area contributed by atoms with Gasteiger partial charge < -0.3 is 5.32 Å². The zero-order valence-corrected chi connectivity index (χ0v) is 7.77. The molecule has 0 bridgehead atoms. The van der Waals surface area contributed by atoms with Crippen LogP contribution in [0, 0.1) is 6.92 Å². The lowest BCUT2D eigenvalue weighted by Gasteiger charge is -2.04. The standard InChI is InChI=1S/C10H13ClN/c1-2-3-8-12-10-6-4-9(11)5-7-10/h4-7,12H,1-3,8H2. The van der Waals surface area contributed by atoms with Crippen molar-refractivity contribution in [1.29, 1.82) is 0 Å². The third-order valence-electron chi connectivity index (χ3n) is 1.60. The molecule has 1 aromatic rings. The van der Waals surface area contributed by atoms with Gasteiger partial charge in [-0.15, -0.1) is 0 Å². The highest BCUT2D eigenvalue weighted by Crippen LogP contribution is 2.13. The minimum Gasteiger partial charge on any atom is -0.385 e. The number of halogens is 1. The maximum Gasteiger partial charge on any atom is 0.0407 e. The molecule has 1 radical (unpaired) electrons. The van der Waals surface area contributed by atoms with Gasteiger partial charge in [-0.25, -0.2) is 0 Å². The van der Waals surface area contributed by atoms with Crippen molar-refractivity contribution in [1.82, 2.24) is 0 Å². The van der Waals surface area contributed by atoms with Crippen LogP contribution >= 0.6 is 11.6 Å². The van der Waals surface area contributed by atoms with Crippen LogP contribution in [0.15, 0.2) is 24.3 Å². The maximum atomic E-state index is 5.74. The molecule has 1 N–H and O–H groups in total. The molecule has 0 aromatic heterocycles. The monoisotopic (exact) mass is 182 g/mol. The van der Waals surface area contributed by atoms with Crippen molar-refractivity contribution in [2.75, 3.05) is 11.9 Å². The molecule has 1 rings (SSSR count). The Balaban J connectivity index is 2.37. The van der Waals surface area contributed by atoms with Crippen LogP contribution in [0.2, 0.25) is 5.02 Å². The molecule has 1 nitrogen and oxygen atoms in total. The lowest BCUT2D eigenvalue weighted by molar-refractivity contribution is 0.887. The molecule has 0 unspecified atom stereocenters. The van der Waals surface area contributed by atoms with E-state index in [1.807, 2.05) is 24.3 Å². The quantitative estimate of drug-likeness (QED) is 0.705. The van der Waals surface area contributed by atoms with Gasteiger partial charge in [0.1, 0.15) is 0 Å². The molecule has 0 amide bonds. The Morgan fingerprint density at radius 1 is 1.25 bits per heavy atom. The number of rotatable bonds is 4. The first-order chi connectivity index (χ1) is 5.83. The number of nitrogens with one attached hydrogen (secondary N) is 1. The van der Waals surface area contributed by atoms with Gasteiger partial charge in [-0.3, -0.25) is 0 Å². The van der Waals surface area contributed by atoms with Crippen molar-refractivity contribution >= 4 is 17.3 Å². The summed E-state index contributed by atoms with van der Waals surface area (Å²) in [4.78, 5) is 0. The molecule has 0 spiro atoms. The summed E-state index contributed by atoms with van der Waals surface area (Å²) in [5, 5.41) is 4.05. The van der Waals surface area contributed by atoms with Gasteiger partial charge in [-0.1, -0.05) is 24.9 Å². The average Bonchev–Trinajstić information content (AvgIpc) is 2.09. The number of unbranched alkanes of at least 4 members (excludes halogenated alkanes) is 1. The minimum absolute atomic E-state index is 0.776. The molecule has 0 fully saturated rings. The van der Waals surface area contributed by atoms with Crippen LogP contribution in [0.1, 0.15) is 12.8 Å². The van der Waals surface area contributed by atoms with Crippen LogP contribution in [-0.4, -0.2) is 6.54 Å². The Morgan fingerprint density at radius 2 is 1.92 bits per heavy atom. The number of benzene rings is 1. The van der Waals surface area contributed by atoms with Crippen LogP contribution in [-0.2, 0) is 0 Å². The molecule has 1 aromatic carbocycles. The van der Waals surface area contributed by atoms with Gasteiger partial charge in [0.05, 0.1) is 0 Å². The molecule has 0 aliphatic heterocycles. The summed E-state index contributed by atoms with van der Waals surface area (Å²) in [6.45, 7) is 4.75. The van der Waals surface area contributed by atoms with Gasteiger partial charge in [-0.2, -0.15) is 0 Å². The minimum atomic E-state index is 0.776. The lowest BCUT2D eigenvalue weighted by atomic mass is 10.3. The van der Waals surface area contributed by atoms with E-state index in [0.717, 1.165) is 30.1 Å². The molecule has 0 heterocycles. The second kappa shape index (κ2) is 5.04. The van der Waals surface area contributed by atoms with Gasteiger partial charge in [-0.05, 0) is 30.7 Å². The van der Waals surface area contributed by atoms with E-state index in [0.29, 0.717) is 0 Å². The Labute approximate surface area is 78.7 Å². The Kier molecular flexibility index (Phi) is 3.95. The Bertz CT molecular complexity index is 218. The summed E-state index contributed by atoms with van der Waals surface area (Å²) in [7, 11) is 0. The summed E-state index contributed by atoms with van der Waals surface area (Å²) in [5.74, 6) is 0. The van der Waals surface area contributed by atoms with Crippen molar-refractivity contribution in [3.63, 3.8) is 0 Å². The Hall–Kier alpha value is -0.690. The fraction of sp³-hybridized carbons (Fsp3) is 0.300. The SMILES string of the molecule is [CH2]CCCNc1ccc(Cl)cc1. The summed E-state index contributed by atoms with van der Waals surface area (Å²) >= 11 is 5.74. The number of anilines is 1. The predicted molar refractivity (Wildman–Crippen MR) is 54.5 cm³/mol. The van der Waals surface area contributed by atoms with E-state index in [-0.39, 0.29) is 0 Å². The molecule has 65 valence electrons. The van der Waals surface area contributed by atoms with Crippen LogP contribution in [0.5, 0.6) is 0 Å². The van der Waals surface area contributed by atoms with Gasteiger partial charge in [0, 0.05) is 17.3 Å².